The molecule has 39 valence electrons. The average Bonchev–Trinajstić information content (AvgIpc) is 0.918. The Morgan fingerprint density at radius 3 is 1.00 bits per heavy atom. The normalized spacial score (nSPS) is 3.00. The molecule has 0 aliphatic heterocycles. The van der Waals surface area contributed by atoms with Gasteiger partial charge in [0.15, 0.2) is 0 Å². The zero-order valence-electron chi connectivity index (χ0n) is 3.89. The molecule has 0 rings (SSSR count). The summed E-state index contributed by atoms with van der Waals surface area (Å²) < 4.78 is 0. The van der Waals surface area contributed by atoms with Gasteiger partial charge in [-0.15, -0.1) is 24.8 Å². The van der Waals surface area contributed by atoms with Gasteiger partial charge in [-0.2, -0.15) is 0 Å². The molecule has 0 aromatic carbocycles. The molecular formula is C2H9Cl2SiZr. The minimum atomic E-state index is 0. The first-order valence-electron chi connectivity index (χ1n) is 1.15. The van der Waals surface area contributed by atoms with Crippen molar-refractivity contribution in [2.75, 3.05) is 0 Å². The summed E-state index contributed by atoms with van der Waals surface area (Å²) in [5.41, 5.74) is 0. The Morgan fingerprint density at radius 1 is 1.00 bits per heavy atom. The summed E-state index contributed by atoms with van der Waals surface area (Å²) in [5, 5.41) is 0. The molecule has 0 aromatic heterocycles. The first-order chi connectivity index (χ1) is 1.41. The van der Waals surface area contributed by atoms with E-state index in [1.54, 1.807) is 0 Å². The minimum Gasteiger partial charge on any atom is -0.147 e. The molecule has 6 heavy (non-hydrogen) atoms. The van der Waals surface area contributed by atoms with E-state index in [2.05, 4.69) is 13.1 Å². The van der Waals surface area contributed by atoms with E-state index in [4.69, 9.17) is 0 Å². The zero-order valence-corrected chi connectivity index (χ0v) is 9.14. The average molecular weight is 223 g/mol. The molecule has 0 heterocycles. The van der Waals surface area contributed by atoms with Gasteiger partial charge in [0.2, 0.25) is 0 Å². The monoisotopic (exact) mass is 221 g/mol. The molecule has 1 radical (unpaired) electrons. The van der Waals surface area contributed by atoms with E-state index < -0.39 is 0 Å². The topological polar surface area (TPSA) is 0 Å². The van der Waals surface area contributed by atoms with Crippen LogP contribution in [0.3, 0.4) is 0 Å². The number of hydrogen-bond acceptors (Lipinski definition) is 0. The van der Waals surface area contributed by atoms with E-state index in [0.717, 1.165) is 9.52 Å². The van der Waals surface area contributed by atoms with Crippen LogP contribution < -0.4 is 0 Å². The SMILES string of the molecule is C[SiH]C.Cl.Cl.[Zr]. The molecule has 0 unspecified atom stereocenters. The molecule has 0 fully saturated rings. The minimum absolute atomic E-state index is 0. The summed E-state index contributed by atoms with van der Waals surface area (Å²) in [6.07, 6.45) is 0. The van der Waals surface area contributed by atoms with Crippen molar-refractivity contribution in [3.63, 3.8) is 0 Å². The van der Waals surface area contributed by atoms with Crippen molar-refractivity contribution in [1.29, 1.82) is 0 Å². The van der Waals surface area contributed by atoms with Gasteiger partial charge < -0.3 is 0 Å². The molecule has 0 saturated heterocycles. The van der Waals surface area contributed by atoms with E-state index in [1.807, 2.05) is 0 Å². The van der Waals surface area contributed by atoms with E-state index >= 15 is 0 Å². The van der Waals surface area contributed by atoms with Crippen molar-refractivity contribution in [2.24, 2.45) is 0 Å². The third kappa shape index (κ3) is 44.1. The zero-order chi connectivity index (χ0) is 2.71. The summed E-state index contributed by atoms with van der Waals surface area (Å²) >= 11 is 0. The van der Waals surface area contributed by atoms with Crippen molar-refractivity contribution < 1.29 is 26.2 Å². The maximum Gasteiger partial charge on any atom is 0.0213 e. The molecule has 0 nitrogen and oxygen atoms in total. The Bertz CT molecular complexity index is 11.5. The second-order valence-electron chi connectivity index (χ2n) is 0.577. The largest absolute Gasteiger partial charge is 0.147 e. The third-order valence-corrected chi connectivity index (χ3v) is 0. The van der Waals surface area contributed by atoms with Gasteiger partial charge in [0.25, 0.3) is 0 Å². The van der Waals surface area contributed by atoms with Gasteiger partial charge in [-0.25, -0.2) is 0 Å². The maximum atomic E-state index is 2.21. The molecule has 0 aliphatic carbocycles. The number of hydrogen-bond donors (Lipinski definition) is 0. The van der Waals surface area contributed by atoms with Crippen molar-refractivity contribution >= 4 is 34.3 Å². The van der Waals surface area contributed by atoms with Crippen LogP contribution in [0.2, 0.25) is 13.1 Å². The van der Waals surface area contributed by atoms with Crippen LogP contribution in [-0.4, -0.2) is 9.52 Å². The molecular weight excluding hydrogens is 214 g/mol. The number of rotatable bonds is 0. The Kier molecular flexibility index (Phi) is 127. The van der Waals surface area contributed by atoms with Crippen LogP contribution in [0.15, 0.2) is 0 Å². The summed E-state index contributed by atoms with van der Waals surface area (Å²) in [4.78, 5) is 0. The Labute approximate surface area is 73.2 Å². The molecule has 0 aromatic rings. The summed E-state index contributed by atoms with van der Waals surface area (Å²) in [5.74, 6) is 0. The van der Waals surface area contributed by atoms with E-state index in [-0.39, 0.29) is 51.0 Å². The Balaban J connectivity index is -0.00000000667. The molecule has 4 heteroatoms. The quantitative estimate of drug-likeness (QED) is 0.544. The van der Waals surface area contributed by atoms with Gasteiger partial charge in [0.1, 0.15) is 0 Å². The van der Waals surface area contributed by atoms with Gasteiger partial charge >= 0.3 is 0 Å². The fraction of sp³-hybridized carbons (Fsp3) is 1.00. The predicted molar refractivity (Wildman–Crippen MR) is 33.4 cm³/mol. The second-order valence-corrected chi connectivity index (χ2v) is 1.73. The Hall–Kier alpha value is 1.68. The molecule has 0 bridgehead atoms. The van der Waals surface area contributed by atoms with E-state index in [9.17, 15) is 0 Å². The smallest absolute Gasteiger partial charge is 0.0213 e. The summed E-state index contributed by atoms with van der Waals surface area (Å²) in [6.45, 7) is 4.42. The standard InChI is InChI=1S/C2H7Si.2ClH.Zr/c1-3-2;;;/h3H,1-2H3;2*1H;. The Morgan fingerprint density at radius 2 is 1.00 bits per heavy atom. The van der Waals surface area contributed by atoms with Crippen molar-refractivity contribution in [3.8, 4) is 0 Å². The fourth-order valence-electron chi connectivity index (χ4n) is 0. The molecule has 0 spiro atoms. The first-order valence-corrected chi connectivity index (χ1v) is 3.46. The summed E-state index contributed by atoms with van der Waals surface area (Å²) in [6, 6.07) is 0. The first kappa shape index (κ1) is 25.3. The molecule has 0 amide bonds. The molecule has 0 atom stereocenters. The van der Waals surface area contributed by atoms with Crippen LogP contribution in [0.1, 0.15) is 0 Å². The van der Waals surface area contributed by atoms with Crippen LogP contribution in [0.25, 0.3) is 0 Å². The molecule has 0 saturated carbocycles. The van der Waals surface area contributed by atoms with Gasteiger partial charge in [-0.3, -0.25) is 0 Å². The molecule has 0 aliphatic rings. The van der Waals surface area contributed by atoms with Gasteiger partial charge in [-0.1, -0.05) is 13.1 Å². The summed E-state index contributed by atoms with van der Waals surface area (Å²) in [7, 11) is 0.750. The van der Waals surface area contributed by atoms with Crippen LogP contribution >= 0.6 is 24.8 Å². The molecule has 0 N–H and O–H groups in total. The van der Waals surface area contributed by atoms with E-state index in [0.29, 0.717) is 0 Å². The second kappa shape index (κ2) is 30.0. The van der Waals surface area contributed by atoms with Gasteiger partial charge in [0.05, 0.1) is 0 Å². The third-order valence-electron chi connectivity index (χ3n) is 0. The van der Waals surface area contributed by atoms with Crippen molar-refractivity contribution in [1.82, 2.24) is 0 Å². The van der Waals surface area contributed by atoms with Crippen LogP contribution in [-0.2, 0) is 26.2 Å². The van der Waals surface area contributed by atoms with Crippen LogP contribution in [0, 0.1) is 0 Å². The maximum absolute atomic E-state index is 2.21. The predicted octanol–water partition coefficient (Wildman–Crippen LogP) is 1.36. The van der Waals surface area contributed by atoms with Crippen LogP contribution in [0.5, 0.6) is 0 Å². The van der Waals surface area contributed by atoms with Crippen molar-refractivity contribution in [3.05, 3.63) is 0 Å². The van der Waals surface area contributed by atoms with Gasteiger partial charge in [0, 0.05) is 35.7 Å². The number of halogens is 2. The van der Waals surface area contributed by atoms with E-state index in [1.165, 1.54) is 0 Å². The van der Waals surface area contributed by atoms with Crippen LogP contribution in [0.4, 0.5) is 0 Å². The van der Waals surface area contributed by atoms with Crippen molar-refractivity contribution in [2.45, 2.75) is 13.1 Å². The van der Waals surface area contributed by atoms with Gasteiger partial charge in [-0.05, 0) is 0 Å². The fourth-order valence-corrected chi connectivity index (χ4v) is 0.